The van der Waals surface area contributed by atoms with Gasteiger partial charge in [0.2, 0.25) is 0 Å². The van der Waals surface area contributed by atoms with Crippen LogP contribution in [-0.2, 0) is 0 Å². The first-order valence-corrected chi connectivity index (χ1v) is 7.87. The molecule has 0 aliphatic heterocycles. The largest absolute Gasteiger partial charge is 0.307 e. The number of hydrogen-bond acceptors (Lipinski definition) is 1. The second kappa shape index (κ2) is 6.21. The number of rotatable bonds is 3. The van der Waals surface area contributed by atoms with Crippen molar-refractivity contribution < 1.29 is 0 Å². The average molecular weight is 310 g/mol. The summed E-state index contributed by atoms with van der Waals surface area (Å²) >= 11 is 3.49. The summed E-state index contributed by atoms with van der Waals surface area (Å²) in [5.74, 6) is 1.68. The van der Waals surface area contributed by atoms with Gasteiger partial charge in [0.05, 0.1) is 0 Å². The smallest absolute Gasteiger partial charge is 0.0294 e. The summed E-state index contributed by atoms with van der Waals surface area (Å²) in [4.78, 5) is 0. The van der Waals surface area contributed by atoms with E-state index in [1.54, 1.807) is 0 Å². The highest BCUT2D eigenvalue weighted by Crippen LogP contribution is 2.30. The van der Waals surface area contributed by atoms with Gasteiger partial charge in [-0.3, -0.25) is 0 Å². The second-order valence-electron chi connectivity index (χ2n) is 5.94. The minimum Gasteiger partial charge on any atom is -0.307 e. The van der Waals surface area contributed by atoms with E-state index in [4.69, 9.17) is 0 Å². The van der Waals surface area contributed by atoms with Crippen molar-refractivity contribution >= 4 is 15.9 Å². The lowest BCUT2D eigenvalue weighted by atomic mass is 9.79. The molecule has 0 radical (unpaired) electrons. The van der Waals surface area contributed by atoms with Crippen LogP contribution < -0.4 is 5.32 Å². The summed E-state index contributed by atoms with van der Waals surface area (Å²) in [6, 6.07) is 9.78. The number of benzene rings is 1. The Morgan fingerprint density at radius 3 is 2.50 bits per heavy atom. The third kappa shape index (κ3) is 3.58. The molecule has 1 nitrogen and oxygen atoms in total. The Morgan fingerprint density at radius 2 is 1.83 bits per heavy atom. The van der Waals surface area contributed by atoms with E-state index >= 15 is 0 Å². The van der Waals surface area contributed by atoms with Crippen LogP contribution in [0.25, 0.3) is 0 Å². The molecule has 1 aromatic carbocycles. The molecule has 18 heavy (non-hydrogen) atoms. The first kappa shape index (κ1) is 14.1. The van der Waals surface area contributed by atoms with E-state index in [-0.39, 0.29) is 0 Å². The third-order valence-corrected chi connectivity index (χ3v) is 4.82. The maximum atomic E-state index is 3.82. The van der Waals surface area contributed by atoms with Gasteiger partial charge < -0.3 is 5.32 Å². The van der Waals surface area contributed by atoms with Gasteiger partial charge >= 0.3 is 0 Å². The van der Waals surface area contributed by atoms with Gasteiger partial charge in [-0.15, -0.1) is 0 Å². The molecule has 0 saturated heterocycles. The van der Waals surface area contributed by atoms with Crippen molar-refractivity contribution in [3.63, 3.8) is 0 Å². The molecule has 100 valence electrons. The van der Waals surface area contributed by atoms with E-state index < -0.39 is 0 Å². The standard InChI is InChI=1S/C16H24BrN/c1-11-4-5-12(2)16(10-11)18-13(3)14-6-8-15(17)9-7-14/h6-9,11-13,16,18H,4-5,10H2,1-3H3/t11?,12?,13-,16?/m1/s1. The van der Waals surface area contributed by atoms with E-state index in [0.29, 0.717) is 12.1 Å². The third-order valence-electron chi connectivity index (χ3n) is 4.29. The summed E-state index contributed by atoms with van der Waals surface area (Å²) in [6.45, 7) is 7.04. The molecule has 1 N–H and O–H groups in total. The van der Waals surface area contributed by atoms with Crippen molar-refractivity contribution in [1.82, 2.24) is 5.32 Å². The summed E-state index contributed by atoms with van der Waals surface area (Å²) < 4.78 is 1.15. The molecule has 1 saturated carbocycles. The normalized spacial score (nSPS) is 30.1. The molecular formula is C16H24BrN. The van der Waals surface area contributed by atoms with Crippen LogP contribution in [0.15, 0.2) is 28.7 Å². The van der Waals surface area contributed by atoms with Crippen LogP contribution in [0.3, 0.4) is 0 Å². The molecule has 1 aliphatic carbocycles. The van der Waals surface area contributed by atoms with Gasteiger partial charge in [0.25, 0.3) is 0 Å². The number of nitrogens with one attached hydrogen (secondary N) is 1. The predicted octanol–water partition coefficient (Wildman–Crippen LogP) is 4.92. The molecule has 4 atom stereocenters. The molecule has 0 spiro atoms. The summed E-state index contributed by atoms with van der Waals surface area (Å²) in [5.41, 5.74) is 1.38. The van der Waals surface area contributed by atoms with E-state index in [2.05, 4.69) is 66.3 Å². The molecule has 1 aromatic rings. The van der Waals surface area contributed by atoms with Gasteiger partial charge in [-0.05, 0) is 49.3 Å². The lowest BCUT2D eigenvalue weighted by Crippen LogP contribution is -2.40. The molecule has 2 rings (SSSR count). The van der Waals surface area contributed by atoms with Crippen LogP contribution in [0.2, 0.25) is 0 Å². The highest BCUT2D eigenvalue weighted by atomic mass is 79.9. The fraction of sp³-hybridized carbons (Fsp3) is 0.625. The lowest BCUT2D eigenvalue weighted by Gasteiger charge is -2.35. The highest BCUT2D eigenvalue weighted by molar-refractivity contribution is 9.10. The maximum absolute atomic E-state index is 3.82. The molecule has 0 heterocycles. The first-order valence-electron chi connectivity index (χ1n) is 7.07. The summed E-state index contributed by atoms with van der Waals surface area (Å²) in [6.07, 6.45) is 4.08. The minimum absolute atomic E-state index is 0.441. The molecule has 0 bridgehead atoms. The Labute approximate surface area is 119 Å². The van der Waals surface area contributed by atoms with Gasteiger partial charge in [-0.25, -0.2) is 0 Å². The lowest BCUT2D eigenvalue weighted by molar-refractivity contribution is 0.216. The Hall–Kier alpha value is -0.340. The number of halogens is 1. The zero-order valence-electron chi connectivity index (χ0n) is 11.6. The molecule has 1 fully saturated rings. The topological polar surface area (TPSA) is 12.0 Å². The van der Waals surface area contributed by atoms with Crippen molar-refractivity contribution in [2.45, 2.75) is 52.1 Å². The molecule has 2 heteroatoms. The predicted molar refractivity (Wildman–Crippen MR) is 81.7 cm³/mol. The van der Waals surface area contributed by atoms with Gasteiger partial charge in [0.15, 0.2) is 0 Å². The van der Waals surface area contributed by atoms with Crippen molar-refractivity contribution in [2.75, 3.05) is 0 Å². The Bertz CT molecular complexity index is 373. The highest BCUT2D eigenvalue weighted by Gasteiger charge is 2.26. The van der Waals surface area contributed by atoms with Gasteiger partial charge in [-0.1, -0.05) is 48.3 Å². The van der Waals surface area contributed by atoms with Crippen molar-refractivity contribution in [2.24, 2.45) is 11.8 Å². The van der Waals surface area contributed by atoms with E-state index in [9.17, 15) is 0 Å². The van der Waals surface area contributed by atoms with Crippen molar-refractivity contribution in [1.29, 1.82) is 0 Å². The van der Waals surface area contributed by atoms with Gasteiger partial charge in [0.1, 0.15) is 0 Å². The minimum atomic E-state index is 0.441. The quantitative estimate of drug-likeness (QED) is 0.835. The SMILES string of the molecule is CC1CCC(C)C(N[C@H](C)c2ccc(Br)cc2)C1. The van der Waals surface area contributed by atoms with E-state index in [1.165, 1.54) is 24.8 Å². The van der Waals surface area contributed by atoms with Crippen molar-refractivity contribution in [3.05, 3.63) is 34.3 Å². The van der Waals surface area contributed by atoms with E-state index in [1.807, 2.05) is 0 Å². The van der Waals surface area contributed by atoms with Crippen LogP contribution in [0, 0.1) is 11.8 Å². The van der Waals surface area contributed by atoms with Crippen LogP contribution in [0.4, 0.5) is 0 Å². The zero-order chi connectivity index (χ0) is 13.1. The van der Waals surface area contributed by atoms with Crippen molar-refractivity contribution in [3.8, 4) is 0 Å². The maximum Gasteiger partial charge on any atom is 0.0294 e. The van der Waals surface area contributed by atoms with E-state index in [0.717, 1.165) is 16.3 Å². The van der Waals surface area contributed by atoms with Crippen LogP contribution in [0.1, 0.15) is 51.6 Å². The van der Waals surface area contributed by atoms with Gasteiger partial charge in [0, 0.05) is 16.6 Å². The molecule has 1 aliphatic rings. The Kier molecular flexibility index (Phi) is 4.85. The molecular weight excluding hydrogens is 286 g/mol. The fourth-order valence-corrected chi connectivity index (χ4v) is 3.20. The molecule has 3 unspecified atom stereocenters. The van der Waals surface area contributed by atoms with Gasteiger partial charge in [-0.2, -0.15) is 0 Å². The van der Waals surface area contributed by atoms with Crippen LogP contribution in [-0.4, -0.2) is 6.04 Å². The Morgan fingerprint density at radius 1 is 1.17 bits per heavy atom. The Balaban J connectivity index is 1.97. The monoisotopic (exact) mass is 309 g/mol. The summed E-state index contributed by atoms with van der Waals surface area (Å²) in [7, 11) is 0. The van der Waals surface area contributed by atoms with Crippen LogP contribution in [0.5, 0.6) is 0 Å². The first-order chi connectivity index (χ1) is 8.56. The summed E-state index contributed by atoms with van der Waals surface area (Å²) in [5, 5.41) is 3.82. The molecule has 0 amide bonds. The second-order valence-corrected chi connectivity index (χ2v) is 6.86. The zero-order valence-corrected chi connectivity index (χ0v) is 13.2. The average Bonchev–Trinajstić information content (AvgIpc) is 2.34. The molecule has 0 aromatic heterocycles. The number of hydrogen-bond donors (Lipinski definition) is 1. The van der Waals surface area contributed by atoms with Crippen LogP contribution >= 0.6 is 15.9 Å². The fourth-order valence-electron chi connectivity index (χ4n) is 2.93.